The van der Waals surface area contributed by atoms with E-state index in [1.165, 1.54) is 25.3 Å². The Labute approximate surface area is 115 Å². The fourth-order valence-corrected chi connectivity index (χ4v) is 3.06. The minimum absolute atomic E-state index is 0.0218. The molecule has 19 heavy (non-hydrogen) atoms. The molecule has 106 valence electrons. The van der Waals surface area contributed by atoms with Gasteiger partial charge in [-0.2, -0.15) is 0 Å². The molecule has 0 amide bonds. The molecule has 1 saturated carbocycles. The van der Waals surface area contributed by atoms with E-state index in [-0.39, 0.29) is 23.0 Å². The smallest absolute Gasteiger partial charge is 0.131 e. The number of halogens is 1. The minimum Gasteiger partial charge on any atom is -0.508 e. The van der Waals surface area contributed by atoms with Crippen molar-refractivity contribution in [2.45, 2.75) is 58.5 Å². The van der Waals surface area contributed by atoms with Crippen LogP contribution in [0.4, 0.5) is 4.39 Å². The van der Waals surface area contributed by atoms with Gasteiger partial charge in [0, 0.05) is 23.7 Å². The molecule has 0 spiro atoms. The Bertz CT molecular complexity index is 444. The van der Waals surface area contributed by atoms with E-state index in [0.29, 0.717) is 11.6 Å². The van der Waals surface area contributed by atoms with Gasteiger partial charge >= 0.3 is 0 Å². The van der Waals surface area contributed by atoms with Crippen LogP contribution in [0.1, 0.15) is 58.1 Å². The molecule has 1 fully saturated rings. The van der Waals surface area contributed by atoms with Gasteiger partial charge in [-0.05, 0) is 31.2 Å². The maximum atomic E-state index is 13.8. The van der Waals surface area contributed by atoms with Crippen molar-refractivity contribution in [2.75, 3.05) is 0 Å². The van der Waals surface area contributed by atoms with Crippen LogP contribution >= 0.6 is 0 Å². The molecule has 0 radical (unpaired) electrons. The summed E-state index contributed by atoms with van der Waals surface area (Å²) in [5, 5.41) is 12.8. The quantitative estimate of drug-likeness (QED) is 0.860. The molecule has 1 aliphatic carbocycles. The molecular formula is C16H24FNO. The Morgan fingerprint density at radius 1 is 1.37 bits per heavy atom. The third kappa shape index (κ3) is 3.27. The van der Waals surface area contributed by atoms with E-state index in [0.717, 1.165) is 6.42 Å². The number of phenolic OH excluding ortho intramolecular Hbond substituents is 1. The van der Waals surface area contributed by atoms with Crippen LogP contribution < -0.4 is 5.32 Å². The first-order chi connectivity index (χ1) is 8.90. The second-order valence-corrected chi connectivity index (χ2v) is 6.38. The molecule has 0 heterocycles. The van der Waals surface area contributed by atoms with Gasteiger partial charge in [-0.3, -0.25) is 0 Å². The Balaban J connectivity index is 2.09. The number of rotatable bonds is 3. The summed E-state index contributed by atoms with van der Waals surface area (Å²) in [6, 6.07) is 4.77. The molecule has 2 N–H and O–H groups in total. The monoisotopic (exact) mass is 265 g/mol. The summed E-state index contributed by atoms with van der Waals surface area (Å²) >= 11 is 0. The summed E-state index contributed by atoms with van der Waals surface area (Å²) in [5.74, 6) is -0.361. The molecule has 1 aliphatic rings. The van der Waals surface area contributed by atoms with E-state index >= 15 is 0 Å². The normalized spacial score (nSPS) is 24.1. The average Bonchev–Trinajstić information content (AvgIpc) is 2.31. The molecule has 2 nitrogen and oxygen atoms in total. The van der Waals surface area contributed by atoms with Crippen molar-refractivity contribution in [1.29, 1.82) is 0 Å². The SMILES string of the molecule is CC(NC1CCCCC1(C)C)c1ccc(O)cc1F. The van der Waals surface area contributed by atoms with Crippen molar-refractivity contribution in [2.24, 2.45) is 5.41 Å². The minimum atomic E-state index is -0.339. The molecule has 2 unspecified atom stereocenters. The molecule has 0 bridgehead atoms. The molecule has 0 aromatic heterocycles. The second kappa shape index (κ2) is 5.49. The summed E-state index contributed by atoms with van der Waals surface area (Å²) in [4.78, 5) is 0. The van der Waals surface area contributed by atoms with Crippen LogP contribution in [0.2, 0.25) is 0 Å². The lowest BCUT2D eigenvalue weighted by Crippen LogP contribution is -2.45. The molecule has 1 aromatic carbocycles. The Morgan fingerprint density at radius 2 is 2.11 bits per heavy atom. The third-order valence-corrected chi connectivity index (χ3v) is 4.41. The van der Waals surface area contributed by atoms with E-state index in [4.69, 9.17) is 0 Å². The van der Waals surface area contributed by atoms with Crippen LogP contribution in [-0.4, -0.2) is 11.1 Å². The van der Waals surface area contributed by atoms with E-state index in [1.807, 2.05) is 6.92 Å². The molecule has 0 saturated heterocycles. The molecular weight excluding hydrogens is 241 g/mol. The molecule has 3 heteroatoms. The van der Waals surface area contributed by atoms with Crippen molar-refractivity contribution in [3.8, 4) is 5.75 Å². The maximum absolute atomic E-state index is 13.8. The summed E-state index contributed by atoms with van der Waals surface area (Å²) < 4.78 is 13.8. The van der Waals surface area contributed by atoms with Crippen LogP contribution in [0.3, 0.4) is 0 Å². The lowest BCUT2D eigenvalue weighted by atomic mass is 9.73. The van der Waals surface area contributed by atoms with Gasteiger partial charge in [0.15, 0.2) is 0 Å². The maximum Gasteiger partial charge on any atom is 0.131 e. The standard InChI is InChI=1S/C16H24FNO/c1-11(13-8-7-12(19)10-14(13)17)18-15-6-4-5-9-16(15,2)3/h7-8,10-11,15,18-19H,4-6,9H2,1-3H3. The molecule has 2 rings (SSSR count). The predicted molar refractivity (Wildman–Crippen MR) is 75.7 cm³/mol. The molecule has 2 atom stereocenters. The largest absolute Gasteiger partial charge is 0.508 e. The highest BCUT2D eigenvalue weighted by molar-refractivity contribution is 5.29. The number of nitrogens with one attached hydrogen (secondary N) is 1. The number of hydrogen-bond acceptors (Lipinski definition) is 2. The summed E-state index contributed by atoms with van der Waals surface area (Å²) in [5.41, 5.74) is 0.888. The van der Waals surface area contributed by atoms with Gasteiger partial charge in [0.25, 0.3) is 0 Å². The van der Waals surface area contributed by atoms with Gasteiger partial charge in [-0.1, -0.05) is 32.8 Å². The number of hydrogen-bond donors (Lipinski definition) is 2. The van der Waals surface area contributed by atoms with Gasteiger partial charge < -0.3 is 10.4 Å². The summed E-state index contributed by atoms with van der Waals surface area (Å²) in [6.45, 7) is 6.55. The predicted octanol–water partition coefficient (Wildman–Crippen LogP) is 4.15. The highest BCUT2D eigenvalue weighted by Gasteiger charge is 2.33. The first-order valence-electron chi connectivity index (χ1n) is 7.14. The highest BCUT2D eigenvalue weighted by atomic mass is 19.1. The van der Waals surface area contributed by atoms with Crippen molar-refractivity contribution < 1.29 is 9.50 Å². The Kier molecular flexibility index (Phi) is 4.14. The fourth-order valence-electron chi connectivity index (χ4n) is 3.06. The number of benzene rings is 1. The molecule has 1 aromatic rings. The van der Waals surface area contributed by atoms with Crippen LogP contribution in [0, 0.1) is 11.2 Å². The van der Waals surface area contributed by atoms with Crippen LogP contribution in [0.25, 0.3) is 0 Å². The van der Waals surface area contributed by atoms with Crippen LogP contribution in [0.15, 0.2) is 18.2 Å². The second-order valence-electron chi connectivity index (χ2n) is 6.38. The van der Waals surface area contributed by atoms with Gasteiger partial charge in [0.2, 0.25) is 0 Å². The van der Waals surface area contributed by atoms with Gasteiger partial charge in [-0.25, -0.2) is 4.39 Å². The number of aromatic hydroxyl groups is 1. The first kappa shape index (κ1) is 14.3. The highest BCUT2D eigenvalue weighted by Crippen LogP contribution is 2.36. The summed E-state index contributed by atoms with van der Waals surface area (Å²) in [6.07, 6.45) is 4.89. The van der Waals surface area contributed by atoms with Crippen LogP contribution in [-0.2, 0) is 0 Å². The van der Waals surface area contributed by atoms with E-state index in [2.05, 4.69) is 19.2 Å². The van der Waals surface area contributed by atoms with Gasteiger partial charge in [-0.15, -0.1) is 0 Å². The third-order valence-electron chi connectivity index (χ3n) is 4.41. The molecule has 0 aliphatic heterocycles. The van der Waals surface area contributed by atoms with E-state index in [1.54, 1.807) is 12.1 Å². The van der Waals surface area contributed by atoms with E-state index < -0.39 is 0 Å². The number of phenols is 1. The van der Waals surface area contributed by atoms with Crippen molar-refractivity contribution in [1.82, 2.24) is 5.32 Å². The van der Waals surface area contributed by atoms with Gasteiger partial charge in [0.05, 0.1) is 0 Å². The fraction of sp³-hybridized carbons (Fsp3) is 0.625. The lowest BCUT2D eigenvalue weighted by Gasteiger charge is -2.41. The Hall–Kier alpha value is -1.09. The van der Waals surface area contributed by atoms with Crippen molar-refractivity contribution in [3.63, 3.8) is 0 Å². The lowest BCUT2D eigenvalue weighted by molar-refractivity contribution is 0.157. The van der Waals surface area contributed by atoms with E-state index in [9.17, 15) is 9.50 Å². The van der Waals surface area contributed by atoms with Crippen molar-refractivity contribution in [3.05, 3.63) is 29.6 Å². The Morgan fingerprint density at radius 3 is 2.74 bits per heavy atom. The zero-order chi connectivity index (χ0) is 14.0. The van der Waals surface area contributed by atoms with Gasteiger partial charge in [0.1, 0.15) is 11.6 Å². The summed E-state index contributed by atoms with van der Waals surface area (Å²) in [7, 11) is 0. The first-order valence-corrected chi connectivity index (χ1v) is 7.14. The zero-order valence-electron chi connectivity index (χ0n) is 12.0. The zero-order valence-corrected chi connectivity index (χ0v) is 12.0. The van der Waals surface area contributed by atoms with Crippen molar-refractivity contribution >= 4 is 0 Å². The average molecular weight is 265 g/mol. The topological polar surface area (TPSA) is 32.3 Å². The van der Waals surface area contributed by atoms with Crippen LogP contribution in [0.5, 0.6) is 5.75 Å².